The van der Waals surface area contributed by atoms with Gasteiger partial charge in [0.15, 0.2) is 0 Å². The van der Waals surface area contributed by atoms with E-state index in [1.165, 1.54) is 23.1 Å². The van der Waals surface area contributed by atoms with Crippen molar-refractivity contribution in [3.8, 4) is 5.75 Å². The Hall–Kier alpha value is -2.57. The molecule has 2 heterocycles. The summed E-state index contributed by atoms with van der Waals surface area (Å²) in [5.41, 5.74) is 6.64. The lowest BCUT2D eigenvalue weighted by molar-refractivity contribution is 0.0948. The highest BCUT2D eigenvalue weighted by atomic mass is 16.3. The minimum atomic E-state index is -0.391. The summed E-state index contributed by atoms with van der Waals surface area (Å²) in [5.74, 6) is -0.0541. The summed E-state index contributed by atoms with van der Waals surface area (Å²) in [6, 6.07) is 1.44. The molecule has 18 heavy (non-hydrogen) atoms. The van der Waals surface area contributed by atoms with E-state index in [2.05, 4.69) is 15.4 Å². The van der Waals surface area contributed by atoms with Gasteiger partial charge in [-0.25, -0.2) is 0 Å². The minimum absolute atomic E-state index is 0.158. The monoisotopic (exact) mass is 247 g/mol. The van der Waals surface area contributed by atoms with Crippen LogP contribution in [0.4, 0.5) is 5.82 Å². The summed E-state index contributed by atoms with van der Waals surface area (Å²) in [6.07, 6.45) is 4.24. The van der Waals surface area contributed by atoms with Crippen LogP contribution in [0.3, 0.4) is 0 Å². The molecule has 0 unspecified atom stereocenters. The van der Waals surface area contributed by atoms with Crippen molar-refractivity contribution >= 4 is 11.7 Å². The number of nitrogens with one attached hydrogen (secondary N) is 1. The van der Waals surface area contributed by atoms with Gasteiger partial charge in [-0.15, -0.1) is 0 Å². The van der Waals surface area contributed by atoms with Crippen molar-refractivity contribution in [3.05, 3.63) is 35.8 Å². The van der Waals surface area contributed by atoms with Gasteiger partial charge in [0.25, 0.3) is 5.91 Å². The van der Waals surface area contributed by atoms with E-state index in [-0.39, 0.29) is 17.9 Å². The van der Waals surface area contributed by atoms with Gasteiger partial charge in [0.2, 0.25) is 0 Å². The largest absolute Gasteiger partial charge is 0.505 e. The summed E-state index contributed by atoms with van der Waals surface area (Å²) in [7, 11) is 1.72. The summed E-state index contributed by atoms with van der Waals surface area (Å²) in [4.78, 5) is 15.5. The van der Waals surface area contributed by atoms with Crippen molar-refractivity contribution in [1.82, 2.24) is 20.1 Å². The lowest BCUT2D eigenvalue weighted by atomic mass is 10.2. The van der Waals surface area contributed by atoms with Gasteiger partial charge in [0.1, 0.15) is 11.6 Å². The van der Waals surface area contributed by atoms with E-state index in [0.717, 1.165) is 5.56 Å². The molecule has 94 valence electrons. The molecule has 0 atom stereocenters. The molecule has 0 saturated carbocycles. The van der Waals surface area contributed by atoms with Gasteiger partial charge in [-0.2, -0.15) is 5.10 Å². The van der Waals surface area contributed by atoms with E-state index in [0.29, 0.717) is 5.82 Å². The molecule has 0 aliphatic rings. The minimum Gasteiger partial charge on any atom is -0.505 e. The standard InChI is InChI=1S/C11H13N5O2/c1-16-10(12)7(5-15-16)4-14-11(18)8-2-3-13-6-9(8)17/h2-3,5-6,17H,4,12H2,1H3,(H,14,18). The number of nitrogens with two attached hydrogens (primary N) is 1. The zero-order valence-electron chi connectivity index (χ0n) is 9.79. The average molecular weight is 247 g/mol. The van der Waals surface area contributed by atoms with Gasteiger partial charge in [-0.1, -0.05) is 0 Å². The topological polar surface area (TPSA) is 106 Å². The number of aryl methyl sites for hydroxylation is 1. The first-order valence-corrected chi connectivity index (χ1v) is 5.27. The number of aromatic nitrogens is 3. The number of nitrogens with zero attached hydrogens (tertiary/aromatic N) is 3. The van der Waals surface area contributed by atoms with Gasteiger partial charge in [0, 0.05) is 25.4 Å². The van der Waals surface area contributed by atoms with Gasteiger partial charge >= 0.3 is 0 Å². The lowest BCUT2D eigenvalue weighted by Gasteiger charge is -2.05. The first-order valence-electron chi connectivity index (χ1n) is 5.27. The number of amides is 1. The first-order chi connectivity index (χ1) is 8.59. The Balaban J connectivity index is 2.05. The molecular weight excluding hydrogens is 234 g/mol. The fourth-order valence-corrected chi connectivity index (χ4v) is 1.48. The highest BCUT2D eigenvalue weighted by Gasteiger charge is 2.11. The fraction of sp³-hybridized carbons (Fsp3) is 0.182. The van der Waals surface area contributed by atoms with Gasteiger partial charge in [-0.3, -0.25) is 14.5 Å². The lowest BCUT2D eigenvalue weighted by Crippen LogP contribution is -2.23. The first kappa shape index (κ1) is 11.9. The third-order valence-corrected chi connectivity index (χ3v) is 2.55. The number of anilines is 1. The zero-order chi connectivity index (χ0) is 13.1. The Morgan fingerprint density at radius 3 is 2.94 bits per heavy atom. The average Bonchev–Trinajstić information content (AvgIpc) is 2.68. The molecule has 2 aromatic heterocycles. The van der Waals surface area contributed by atoms with Crippen LogP contribution in [0.2, 0.25) is 0 Å². The molecule has 0 bridgehead atoms. The van der Waals surface area contributed by atoms with Crippen LogP contribution in [0.5, 0.6) is 5.75 Å². The molecule has 7 heteroatoms. The third-order valence-electron chi connectivity index (χ3n) is 2.55. The second-order valence-electron chi connectivity index (χ2n) is 3.75. The van der Waals surface area contributed by atoms with Crippen molar-refractivity contribution < 1.29 is 9.90 Å². The molecule has 7 nitrogen and oxygen atoms in total. The molecule has 0 aromatic carbocycles. The maximum atomic E-state index is 11.8. The molecule has 2 rings (SSSR count). The second-order valence-corrected chi connectivity index (χ2v) is 3.75. The van der Waals surface area contributed by atoms with Crippen LogP contribution in [0.25, 0.3) is 0 Å². The summed E-state index contributed by atoms with van der Waals surface area (Å²) >= 11 is 0. The summed E-state index contributed by atoms with van der Waals surface area (Å²) in [6.45, 7) is 0.250. The quantitative estimate of drug-likeness (QED) is 0.709. The molecule has 0 fully saturated rings. The van der Waals surface area contributed by atoms with Gasteiger partial charge in [-0.05, 0) is 6.07 Å². The van der Waals surface area contributed by atoms with Gasteiger partial charge < -0.3 is 16.2 Å². The Kier molecular flexibility index (Phi) is 3.13. The van der Waals surface area contributed by atoms with Crippen LogP contribution < -0.4 is 11.1 Å². The number of rotatable bonds is 3. The number of aromatic hydroxyl groups is 1. The fourth-order valence-electron chi connectivity index (χ4n) is 1.48. The normalized spacial score (nSPS) is 10.3. The van der Waals surface area contributed by atoms with Crippen LogP contribution in [0.1, 0.15) is 15.9 Å². The maximum Gasteiger partial charge on any atom is 0.255 e. The van der Waals surface area contributed by atoms with Crippen molar-refractivity contribution in [2.75, 3.05) is 5.73 Å². The van der Waals surface area contributed by atoms with Crippen LogP contribution in [-0.2, 0) is 13.6 Å². The Morgan fingerprint density at radius 1 is 1.56 bits per heavy atom. The third kappa shape index (κ3) is 2.24. The zero-order valence-corrected chi connectivity index (χ0v) is 9.79. The van der Waals surface area contributed by atoms with E-state index in [1.54, 1.807) is 13.2 Å². The number of carbonyl (C=O) groups excluding carboxylic acids is 1. The highest BCUT2D eigenvalue weighted by molar-refractivity contribution is 5.96. The number of hydrogen-bond donors (Lipinski definition) is 3. The van der Waals surface area contributed by atoms with E-state index in [1.807, 2.05) is 0 Å². The molecule has 0 spiro atoms. The smallest absolute Gasteiger partial charge is 0.255 e. The van der Waals surface area contributed by atoms with E-state index in [9.17, 15) is 9.90 Å². The Labute approximate surface area is 103 Å². The number of carbonyl (C=O) groups is 1. The van der Waals surface area contributed by atoms with E-state index < -0.39 is 5.91 Å². The van der Waals surface area contributed by atoms with Crippen molar-refractivity contribution in [3.63, 3.8) is 0 Å². The Bertz CT molecular complexity index is 579. The second kappa shape index (κ2) is 4.74. The summed E-state index contributed by atoms with van der Waals surface area (Å²) in [5, 5.41) is 16.1. The van der Waals surface area contributed by atoms with Crippen LogP contribution in [0.15, 0.2) is 24.7 Å². The molecule has 0 saturated heterocycles. The molecule has 0 radical (unpaired) electrons. The molecule has 4 N–H and O–H groups in total. The van der Waals surface area contributed by atoms with Crippen LogP contribution in [0, 0.1) is 0 Å². The van der Waals surface area contributed by atoms with Gasteiger partial charge in [0.05, 0.1) is 18.0 Å². The van der Waals surface area contributed by atoms with Crippen molar-refractivity contribution in [2.45, 2.75) is 6.54 Å². The van der Waals surface area contributed by atoms with Crippen molar-refractivity contribution in [2.24, 2.45) is 7.05 Å². The summed E-state index contributed by atoms with van der Waals surface area (Å²) < 4.78 is 1.52. The predicted octanol–water partition coefficient (Wildman–Crippen LogP) is 0.0329. The number of pyridine rings is 1. The van der Waals surface area contributed by atoms with E-state index in [4.69, 9.17) is 5.73 Å². The van der Waals surface area contributed by atoms with Crippen LogP contribution >= 0.6 is 0 Å². The molecule has 0 aliphatic heterocycles. The van der Waals surface area contributed by atoms with Crippen LogP contribution in [-0.4, -0.2) is 25.8 Å². The number of hydrogen-bond acceptors (Lipinski definition) is 5. The molecule has 0 aliphatic carbocycles. The van der Waals surface area contributed by atoms with Crippen molar-refractivity contribution in [1.29, 1.82) is 0 Å². The molecule has 2 aromatic rings. The molecular formula is C11H13N5O2. The Morgan fingerprint density at radius 2 is 2.33 bits per heavy atom. The number of nitrogen functional groups attached to an aromatic ring is 1. The predicted molar refractivity (Wildman–Crippen MR) is 64.7 cm³/mol. The van der Waals surface area contributed by atoms with E-state index >= 15 is 0 Å². The maximum absolute atomic E-state index is 11.8. The highest BCUT2D eigenvalue weighted by Crippen LogP contribution is 2.14. The SMILES string of the molecule is Cn1ncc(CNC(=O)c2ccncc2O)c1N. The molecule has 1 amide bonds.